The molecule has 28 heavy (non-hydrogen) atoms. The summed E-state index contributed by atoms with van der Waals surface area (Å²) in [5.74, 6) is -0.152. The number of carbonyl (C=O) groups is 2. The third kappa shape index (κ3) is 5.09. The number of urea groups is 1. The summed E-state index contributed by atoms with van der Waals surface area (Å²) in [7, 11) is 0. The molecule has 1 saturated heterocycles. The van der Waals surface area contributed by atoms with Gasteiger partial charge in [-0.15, -0.1) is 0 Å². The lowest BCUT2D eigenvalue weighted by molar-refractivity contribution is -0.131. The summed E-state index contributed by atoms with van der Waals surface area (Å²) >= 11 is 12.4. The number of rotatable bonds is 5. The molecule has 2 aromatic carbocycles. The number of hydrogen-bond acceptors (Lipinski definition) is 3. The van der Waals surface area contributed by atoms with Crippen molar-refractivity contribution in [2.45, 2.75) is 25.4 Å². The molecule has 1 heterocycles. The highest BCUT2D eigenvalue weighted by molar-refractivity contribution is 6.33. The Labute approximate surface area is 174 Å². The van der Waals surface area contributed by atoms with Gasteiger partial charge in [0, 0.05) is 28.8 Å². The number of likely N-dealkylation sites (tertiary alicyclic amines) is 1. The number of amides is 3. The van der Waals surface area contributed by atoms with E-state index in [1.807, 2.05) is 12.1 Å². The van der Waals surface area contributed by atoms with Crippen molar-refractivity contribution in [2.75, 3.05) is 18.8 Å². The minimum atomic E-state index is -0.401. The predicted octanol–water partition coefficient (Wildman–Crippen LogP) is 3.74. The molecule has 1 aliphatic heterocycles. The van der Waals surface area contributed by atoms with Crippen LogP contribution in [0.5, 0.6) is 0 Å². The van der Waals surface area contributed by atoms with Crippen LogP contribution >= 0.6 is 23.2 Å². The minimum Gasteiger partial charge on any atom is -0.399 e. The highest BCUT2D eigenvalue weighted by Gasteiger charge is 2.31. The van der Waals surface area contributed by atoms with Gasteiger partial charge in [-0.25, -0.2) is 4.79 Å². The highest BCUT2D eigenvalue weighted by Crippen LogP contribution is 2.37. The SMILES string of the molecule is Nc1ccc(CNC(=O)NCC(=O)N2CCC[C@@H]2c2cc(Cl)ccc2Cl)cc1. The van der Waals surface area contributed by atoms with Crippen LogP contribution in [0.2, 0.25) is 10.0 Å². The Kier molecular flexibility index (Phi) is 6.65. The summed E-state index contributed by atoms with van der Waals surface area (Å²) in [4.78, 5) is 26.4. The van der Waals surface area contributed by atoms with Crippen LogP contribution in [0, 0.1) is 0 Å². The zero-order chi connectivity index (χ0) is 20.1. The Morgan fingerprint density at radius 2 is 1.86 bits per heavy atom. The Morgan fingerprint density at radius 3 is 2.61 bits per heavy atom. The molecule has 3 amide bonds. The number of carbonyl (C=O) groups excluding carboxylic acids is 2. The van der Waals surface area contributed by atoms with Crippen molar-refractivity contribution < 1.29 is 9.59 Å². The molecule has 0 bridgehead atoms. The molecule has 0 spiro atoms. The van der Waals surface area contributed by atoms with Gasteiger partial charge in [0.2, 0.25) is 5.91 Å². The number of nitrogens with zero attached hydrogens (tertiary/aromatic N) is 1. The van der Waals surface area contributed by atoms with E-state index in [4.69, 9.17) is 28.9 Å². The van der Waals surface area contributed by atoms with Crippen molar-refractivity contribution in [1.29, 1.82) is 0 Å². The smallest absolute Gasteiger partial charge is 0.315 e. The molecule has 6 nitrogen and oxygen atoms in total. The molecular formula is C20H22Cl2N4O2. The lowest BCUT2D eigenvalue weighted by Gasteiger charge is -2.26. The van der Waals surface area contributed by atoms with Crippen LogP contribution in [0.1, 0.15) is 30.0 Å². The van der Waals surface area contributed by atoms with E-state index in [1.165, 1.54) is 0 Å². The maximum absolute atomic E-state index is 12.6. The second kappa shape index (κ2) is 9.17. The van der Waals surface area contributed by atoms with Crippen LogP contribution < -0.4 is 16.4 Å². The average molecular weight is 421 g/mol. The zero-order valence-electron chi connectivity index (χ0n) is 15.3. The van der Waals surface area contributed by atoms with Crippen LogP contribution in [-0.4, -0.2) is 29.9 Å². The van der Waals surface area contributed by atoms with Gasteiger partial charge in [0.05, 0.1) is 12.6 Å². The Balaban J connectivity index is 1.52. The van der Waals surface area contributed by atoms with Crippen LogP contribution in [0.15, 0.2) is 42.5 Å². The maximum atomic E-state index is 12.6. The molecule has 1 aliphatic rings. The molecule has 0 radical (unpaired) electrons. The summed E-state index contributed by atoms with van der Waals surface area (Å²) < 4.78 is 0. The molecule has 0 aromatic heterocycles. The van der Waals surface area contributed by atoms with Crippen molar-refractivity contribution in [2.24, 2.45) is 0 Å². The van der Waals surface area contributed by atoms with Crippen LogP contribution in [0.3, 0.4) is 0 Å². The first-order chi connectivity index (χ1) is 13.4. The number of benzene rings is 2. The molecule has 1 atom stereocenters. The topological polar surface area (TPSA) is 87.5 Å². The van der Waals surface area contributed by atoms with Gasteiger partial charge in [0.1, 0.15) is 0 Å². The van der Waals surface area contributed by atoms with Crippen LogP contribution in [-0.2, 0) is 11.3 Å². The second-order valence-corrected chi connectivity index (χ2v) is 7.53. The monoisotopic (exact) mass is 420 g/mol. The Bertz CT molecular complexity index is 858. The normalized spacial score (nSPS) is 16.1. The van der Waals surface area contributed by atoms with Gasteiger partial charge in [0.25, 0.3) is 0 Å². The van der Waals surface area contributed by atoms with Crippen LogP contribution in [0.4, 0.5) is 10.5 Å². The van der Waals surface area contributed by atoms with Crippen molar-refractivity contribution >= 4 is 40.8 Å². The molecule has 4 N–H and O–H groups in total. The first-order valence-corrected chi connectivity index (χ1v) is 9.80. The largest absolute Gasteiger partial charge is 0.399 e. The van der Waals surface area contributed by atoms with E-state index in [0.29, 0.717) is 28.8 Å². The van der Waals surface area contributed by atoms with Gasteiger partial charge < -0.3 is 21.3 Å². The molecule has 0 saturated carbocycles. The van der Waals surface area contributed by atoms with Gasteiger partial charge in [-0.3, -0.25) is 4.79 Å². The summed E-state index contributed by atoms with van der Waals surface area (Å²) in [6.07, 6.45) is 1.69. The van der Waals surface area contributed by atoms with Crippen molar-refractivity contribution in [3.8, 4) is 0 Å². The molecule has 0 unspecified atom stereocenters. The van der Waals surface area contributed by atoms with E-state index < -0.39 is 6.03 Å². The van der Waals surface area contributed by atoms with Gasteiger partial charge >= 0.3 is 6.03 Å². The van der Waals surface area contributed by atoms with Crippen molar-refractivity contribution in [3.05, 3.63) is 63.6 Å². The first kappa shape index (κ1) is 20.3. The number of hydrogen-bond donors (Lipinski definition) is 3. The lowest BCUT2D eigenvalue weighted by Crippen LogP contribution is -2.43. The molecule has 0 aliphatic carbocycles. The molecule has 8 heteroatoms. The predicted molar refractivity (Wildman–Crippen MR) is 111 cm³/mol. The van der Waals surface area contributed by atoms with Crippen molar-refractivity contribution in [3.63, 3.8) is 0 Å². The van der Waals surface area contributed by atoms with Gasteiger partial charge in [-0.05, 0) is 54.3 Å². The number of nitrogens with one attached hydrogen (secondary N) is 2. The fourth-order valence-electron chi connectivity index (χ4n) is 3.30. The zero-order valence-corrected chi connectivity index (χ0v) is 16.8. The number of nitrogen functional groups attached to an aromatic ring is 1. The second-order valence-electron chi connectivity index (χ2n) is 6.69. The van der Waals surface area contributed by atoms with E-state index in [1.54, 1.807) is 35.2 Å². The van der Waals surface area contributed by atoms with E-state index in [0.717, 1.165) is 24.0 Å². The standard InChI is InChI=1S/C20H22Cl2N4O2/c21-14-5-8-17(22)16(10-14)18-2-1-9-26(18)19(27)12-25-20(28)24-11-13-3-6-15(23)7-4-13/h3-8,10,18H,1-2,9,11-12,23H2,(H2,24,25,28)/t18-/m1/s1. The van der Waals surface area contributed by atoms with E-state index in [9.17, 15) is 9.59 Å². The number of nitrogens with two attached hydrogens (primary N) is 1. The third-order valence-electron chi connectivity index (χ3n) is 4.72. The summed E-state index contributed by atoms with van der Waals surface area (Å²) in [6, 6.07) is 12.0. The summed E-state index contributed by atoms with van der Waals surface area (Å²) in [5.41, 5.74) is 8.06. The fourth-order valence-corrected chi connectivity index (χ4v) is 3.72. The Morgan fingerprint density at radius 1 is 1.11 bits per heavy atom. The van der Waals surface area contributed by atoms with Gasteiger partial charge in [0.15, 0.2) is 0 Å². The summed E-state index contributed by atoms with van der Waals surface area (Å²) in [6.45, 7) is 0.897. The third-order valence-corrected chi connectivity index (χ3v) is 5.30. The van der Waals surface area contributed by atoms with E-state index in [2.05, 4.69) is 10.6 Å². The van der Waals surface area contributed by atoms with Gasteiger partial charge in [-0.2, -0.15) is 0 Å². The van der Waals surface area contributed by atoms with Crippen LogP contribution in [0.25, 0.3) is 0 Å². The van der Waals surface area contributed by atoms with Crippen molar-refractivity contribution in [1.82, 2.24) is 15.5 Å². The molecule has 3 rings (SSSR count). The van der Waals surface area contributed by atoms with E-state index >= 15 is 0 Å². The molecular weight excluding hydrogens is 399 g/mol. The Hall–Kier alpha value is -2.44. The maximum Gasteiger partial charge on any atom is 0.315 e. The quantitative estimate of drug-likeness (QED) is 0.643. The fraction of sp³-hybridized carbons (Fsp3) is 0.300. The average Bonchev–Trinajstić information content (AvgIpc) is 3.17. The lowest BCUT2D eigenvalue weighted by atomic mass is 10.0. The highest BCUT2D eigenvalue weighted by atomic mass is 35.5. The molecule has 148 valence electrons. The summed E-state index contributed by atoms with van der Waals surface area (Å²) in [5, 5.41) is 6.51. The number of halogens is 2. The first-order valence-electron chi connectivity index (χ1n) is 9.04. The number of anilines is 1. The molecule has 2 aromatic rings. The van der Waals surface area contributed by atoms with E-state index in [-0.39, 0.29) is 18.5 Å². The minimum absolute atomic E-state index is 0.0811. The van der Waals surface area contributed by atoms with Gasteiger partial charge in [-0.1, -0.05) is 35.3 Å². The molecule has 1 fully saturated rings.